The molecule has 0 aliphatic heterocycles. The Morgan fingerprint density at radius 1 is 1.24 bits per heavy atom. The molecule has 0 aliphatic carbocycles. The first-order valence-electron chi connectivity index (χ1n) is 7.88. The van der Waals surface area contributed by atoms with Crippen molar-refractivity contribution in [2.24, 2.45) is 0 Å². The molecule has 0 bridgehead atoms. The Labute approximate surface area is 148 Å². The van der Waals surface area contributed by atoms with Crippen LogP contribution in [0.1, 0.15) is 29.2 Å². The van der Waals surface area contributed by atoms with Gasteiger partial charge in [-0.15, -0.1) is 11.3 Å². The number of benzene rings is 1. The third-order valence-electron chi connectivity index (χ3n) is 4.21. The van der Waals surface area contributed by atoms with Crippen LogP contribution in [-0.4, -0.2) is 22.8 Å². The van der Waals surface area contributed by atoms with Crippen molar-refractivity contribution in [1.29, 1.82) is 0 Å². The largest absolute Gasteiger partial charge is 0.462 e. The Hall–Kier alpha value is -2.86. The van der Waals surface area contributed by atoms with Crippen molar-refractivity contribution in [2.45, 2.75) is 13.0 Å². The first kappa shape index (κ1) is 15.7. The molecule has 4 rings (SSSR count). The molecule has 3 heterocycles. The van der Waals surface area contributed by atoms with Gasteiger partial charge in [-0.1, -0.05) is 18.2 Å². The van der Waals surface area contributed by atoms with E-state index >= 15 is 0 Å². The Morgan fingerprint density at radius 3 is 2.84 bits per heavy atom. The van der Waals surface area contributed by atoms with Crippen molar-refractivity contribution in [3.63, 3.8) is 0 Å². The van der Waals surface area contributed by atoms with Crippen LogP contribution in [-0.2, 0) is 0 Å². The average molecular weight is 352 g/mol. The molecule has 25 heavy (non-hydrogen) atoms. The number of nitrogens with zero attached hydrogens (tertiary/aromatic N) is 2. The highest BCUT2D eigenvalue weighted by Crippen LogP contribution is 2.29. The van der Waals surface area contributed by atoms with Gasteiger partial charge in [0.15, 0.2) is 10.8 Å². The zero-order valence-corrected chi connectivity index (χ0v) is 14.6. The number of fused-ring (bicyclic) bond motifs is 1. The standard InChI is InChI=1S/C19H16N2O3S/c1-12(17-10-13-6-3-4-7-15(13)24-17)21(2)19(22)14-11-25-18(20-14)16-8-5-9-23-16/h3-12H,1-2H3/t12-/m1/s1. The number of rotatable bonds is 4. The second kappa shape index (κ2) is 6.22. The lowest BCUT2D eigenvalue weighted by Crippen LogP contribution is -2.29. The average Bonchev–Trinajstić information content (AvgIpc) is 3.38. The summed E-state index contributed by atoms with van der Waals surface area (Å²) in [6.45, 7) is 1.94. The van der Waals surface area contributed by atoms with Crippen molar-refractivity contribution >= 4 is 28.2 Å². The fourth-order valence-corrected chi connectivity index (χ4v) is 3.40. The minimum Gasteiger partial charge on any atom is -0.462 e. The molecule has 6 heteroatoms. The number of carbonyl (C=O) groups is 1. The maximum absolute atomic E-state index is 12.8. The van der Waals surface area contributed by atoms with Crippen LogP contribution in [0, 0.1) is 0 Å². The molecule has 126 valence electrons. The van der Waals surface area contributed by atoms with E-state index in [9.17, 15) is 4.79 Å². The summed E-state index contributed by atoms with van der Waals surface area (Å²) in [6.07, 6.45) is 1.59. The number of hydrogen-bond donors (Lipinski definition) is 0. The molecule has 0 unspecified atom stereocenters. The molecule has 0 saturated heterocycles. The van der Waals surface area contributed by atoms with E-state index in [1.165, 1.54) is 11.3 Å². The second-order valence-electron chi connectivity index (χ2n) is 5.79. The topological polar surface area (TPSA) is 59.5 Å². The highest BCUT2D eigenvalue weighted by atomic mass is 32.1. The van der Waals surface area contributed by atoms with Crippen LogP contribution in [0.4, 0.5) is 0 Å². The molecular formula is C19H16N2O3S. The third-order valence-corrected chi connectivity index (χ3v) is 5.07. The van der Waals surface area contributed by atoms with Crippen LogP contribution in [0.25, 0.3) is 21.7 Å². The van der Waals surface area contributed by atoms with Gasteiger partial charge in [-0.25, -0.2) is 4.98 Å². The van der Waals surface area contributed by atoms with Crippen LogP contribution >= 0.6 is 11.3 Å². The Kier molecular flexibility index (Phi) is 3.89. The summed E-state index contributed by atoms with van der Waals surface area (Å²) >= 11 is 1.39. The number of aromatic nitrogens is 1. The zero-order chi connectivity index (χ0) is 17.4. The van der Waals surface area contributed by atoms with Crippen molar-refractivity contribution < 1.29 is 13.6 Å². The minimum absolute atomic E-state index is 0.151. The summed E-state index contributed by atoms with van der Waals surface area (Å²) in [6, 6.07) is 13.2. The highest BCUT2D eigenvalue weighted by Gasteiger charge is 2.24. The number of para-hydroxylation sites is 1. The van der Waals surface area contributed by atoms with Gasteiger partial charge in [0.25, 0.3) is 5.91 Å². The normalized spacial score (nSPS) is 12.4. The Balaban J connectivity index is 1.57. The molecule has 0 aliphatic rings. The molecule has 0 N–H and O–H groups in total. The van der Waals surface area contributed by atoms with Crippen molar-refractivity contribution in [2.75, 3.05) is 7.05 Å². The predicted octanol–water partition coefficient (Wildman–Crippen LogP) is 4.98. The summed E-state index contributed by atoms with van der Waals surface area (Å²) in [5.41, 5.74) is 1.22. The molecule has 0 saturated carbocycles. The van der Waals surface area contributed by atoms with E-state index in [0.29, 0.717) is 16.5 Å². The maximum Gasteiger partial charge on any atom is 0.273 e. The van der Waals surface area contributed by atoms with Gasteiger partial charge in [0.05, 0.1) is 12.3 Å². The molecule has 1 amide bonds. The highest BCUT2D eigenvalue weighted by molar-refractivity contribution is 7.13. The lowest BCUT2D eigenvalue weighted by molar-refractivity contribution is 0.0722. The van der Waals surface area contributed by atoms with Crippen LogP contribution < -0.4 is 0 Å². The molecule has 0 fully saturated rings. The first-order valence-corrected chi connectivity index (χ1v) is 8.76. The van der Waals surface area contributed by atoms with E-state index in [0.717, 1.165) is 16.7 Å². The van der Waals surface area contributed by atoms with E-state index in [2.05, 4.69) is 4.98 Å². The Morgan fingerprint density at radius 2 is 2.08 bits per heavy atom. The summed E-state index contributed by atoms with van der Waals surface area (Å²) in [5, 5.41) is 3.47. The van der Waals surface area contributed by atoms with E-state index < -0.39 is 0 Å². The van der Waals surface area contributed by atoms with Gasteiger partial charge >= 0.3 is 0 Å². The van der Waals surface area contributed by atoms with Gasteiger partial charge in [0.1, 0.15) is 17.0 Å². The number of carbonyl (C=O) groups excluding carboxylic acids is 1. The number of amides is 1. The smallest absolute Gasteiger partial charge is 0.273 e. The van der Waals surface area contributed by atoms with E-state index in [4.69, 9.17) is 8.83 Å². The minimum atomic E-state index is -0.200. The van der Waals surface area contributed by atoms with Crippen LogP contribution in [0.2, 0.25) is 0 Å². The van der Waals surface area contributed by atoms with Crippen molar-refractivity contribution in [3.05, 3.63) is 65.6 Å². The van der Waals surface area contributed by atoms with Gasteiger partial charge in [-0.2, -0.15) is 0 Å². The van der Waals surface area contributed by atoms with Crippen molar-refractivity contribution in [3.8, 4) is 10.8 Å². The lowest BCUT2D eigenvalue weighted by atomic mass is 10.2. The molecule has 1 atom stereocenters. The van der Waals surface area contributed by atoms with Crippen LogP contribution in [0.15, 0.2) is 62.9 Å². The maximum atomic E-state index is 12.8. The van der Waals surface area contributed by atoms with Gasteiger partial charge in [0.2, 0.25) is 0 Å². The number of furan rings is 2. The fourth-order valence-electron chi connectivity index (χ4n) is 2.64. The molecule has 0 radical (unpaired) electrons. The van der Waals surface area contributed by atoms with Gasteiger partial charge in [-0.05, 0) is 31.2 Å². The second-order valence-corrected chi connectivity index (χ2v) is 6.65. The molecule has 5 nitrogen and oxygen atoms in total. The van der Waals surface area contributed by atoms with Crippen molar-refractivity contribution in [1.82, 2.24) is 9.88 Å². The number of hydrogen-bond acceptors (Lipinski definition) is 5. The zero-order valence-electron chi connectivity index (χ0n) is 13.8. The lowest BCUT2D eigenvalue weighted by Gasteiger charge is -2.22. The fraction of sp³-hybridized carbons (Fsp3) is 0.158. The number of thiazole rings is 1. The van der Waals surface area contributed by atoms with E-state index in [1.54, 1.807) is 29.7 Å². The molecular weight excluding hydrogens is 336 g/mol. The van der Waals surface area contributed by atoms with Gasteiger partial charge in [-0.3, -0.25) is 4.79 Å². The van der Waals surface area contributed by atoms with Crippen LogP contribution in [0.3, 0.4) is 0 Å². The van der Waals surface area contributed by atoms with Gasteiger partial charge < -0.3 is 13.7 Å². The molecule has 1 aromatic carbocycles. The monoisotopic (exact) mass is 352 g/mol. The Bertz CT molecular complexity index is 983. The van der Waals surface area contributed by atoms with E-state index in [1.807, 2.05) is 43.3 Å². The predicted molar refractivity (Wildman–Crippen MR) is 96.5 cm³/mol. The summed E-state index contributed by atoms with van der Waals surface area (Å²) in [5.74, 6) is 1.26. The summed E-state index contributed by atoms with van der Waals surface area (Å²) in [7, 11) is 1.76. The summed E-state index contributed by atoms with van der Waals surface area (Å²) in [4.78, 5) is 18.8. The third kappa shape index (κ3) is 2.85. The van der Waals surface area contributed by atoms with Gasteiger partial charge in [0, 0.05) is 17.8 Å². The molecule has 3 aromatic heterocycles. The summed E-state index contributed by atoms with van der Waals surface area (Å²) < 4.78 is 11.2. The molecule has 0 spiro atoms. The molecule has 4 aromatic rings. The van der Waals surface area contributed by atoms with E-state index in [-0.39, 0.29) is 11.9 Å². The SMILES string of the molecule is C[C@H](c1cc2ccccc2o1)N(C)C(=O)c1csc(-c2ccco2)n1. The first-order chi connectivity index (χ1) is 12.1. The van der Waals surface area contributed by atoms with Crippen LogP contribution in [0.5, 0.6) is 0 Å². The quantitative estimate of drug-likeness (QED) is 0.519.